The molecule has 4 rings (SSSR count). The molecule has 0 radical (unpaired) electrons. The van der Waals surface area contributed by atoms with E-state index in [-0.39, 0.29) is 31.4 Å². The number of aromatic amines is 1. The van der Waals surface area contributed by atoms with Crippen LogP contribution in [0.25, 0.3) is 0 Å². The number of hydrogen-bond acceptors (Lipinski definition) is 5. The van der Waals surface area contributed by atoms with E-state index in [1.165, 1.54) is 0 Å². The third-order valence-corrected chi connectivity index (χ3v) is 6.49. The van der Waals surface area contributed by atoms with Crippen LogP contribution in [0, 0.1) is 0 Å². The van der Waals surface area contributed by atoms with E-state index >= 15 is 0 Å². The summed E-state index contributed by atoms with van der Waals surface area (Å²) in [7, 11) is 0. The largest absolute Gasteiger partial charge is 0.464 e. The van der Waals surface area contributed by atoms with Gasteiger partial charge in [0.1, 0.15) is 12.1 Å². The van der Waals surface area contributed by atoms with Crippen molar-refractivity contribution in [2.45, 2.75) is 44.7 Å². The summed E-state index contributed by atoms with van der Waals surface area (Å²) in [5.74, 6) is -0.740. The molecule has 0 bridgehead atoms. The zero-order chi connectivity index (χ0) is 25.3. The van der Waals surface area contributed by atoms with Crippen LogP contribution in [0.5, 0.6) is 0 Å². The van der Waals surface area contributed by atoms with Gasteiger partial charge in [0.05, 0.1) is 12.9 Å². The number of ether oxygens (including phenoxy) is 1. The maximum Gasteiger partial charge on any atom is 0.329 e. The second-order valence-corrected chi connectivity index (χ2v) is 8.86. The van der Waals surface area contributed by atoms with Crippen LogP contribution in [0.15, 0.2) is 73.2 Å². The highest BCUT2D eigenvalue weighted by Gasteiger charge is 2.42. The van der Waals surface area contributed by atoms with Gasteiger partial charge in [-0.2, -0.15) is 0 Å². The van der Waals surface area contributed by atoms with Gasteiger partial charge in [-0.05, 0) is 24.5 Å². The van der Waals surface area contributed by atoms with Crippen LogP contribution in [0.2, 0.25) is 0 Å². The van der Waals surface area contributed by atoms with E-state index in [1.807, 2.05) is 60.7 Å². The summed E-state index contributed by atoms with van der Waals surface area (Å²) >= 11 is 0. The van der Waals surface area contributed by atoms with Gasteiger partial charge >= 0.3 is 5.97 Å². The number of nitrogens with one attached hydrogen (secondary N) is 1. The van der Waals surface area contributed by atoms with Gasteiger partial charge in [-0.25, -0.2) is 9.78 Å². The molecule has 2 heterocycles. The molecule has 0 saturated carbocycles. The summed E-state index contributed by atoms with van der Waals surface area (Å²) in [4.78, 5) is 50.5. The van der Waals surface area contributed by atoms with E-state index in [9.17, 15) is 14.4 Å². The topological polar surface area (TPSA) is 95.6 Å². The second kappa shape index (κ2) is 12.2. The minimum atomic E-state index is -0.750. The van der Waals surface area contributed by atoms with Gasteiger partial charge in [0, 0.05) is 44.2 Å². The quantitative estimate of drug-likeness (QED) is 0.443. The first-order valence-corrected chi connectivity index (χ1v) is 12.4. The summed E-state index contributed by atoms with van der Waals surface area (Å²) in [5, 5.41) is 0. The molecule has 2 amide bonds. The number of hydrogen-bond donors (Lipinski definition) is 1. The molecular weight excluding hydrogens is 456 g/mol. The molecule has 1 N–H and O–H groups in total. The van der Waals surface area contributed by atoms with E-state index in [0.29, 0.717) is 25.8 Å². The smallest absolute Gasteiger partial charge is 0.329 e. The Morgan fingerprint density at radius 1 is 1.06 bits per heavy atom. The van der Waals surface area contributed by atoms with Crippen LogP contribution >= 0.6 is 0 Å². The predicted molar refractivity (Wildman–Crippen MR) is 135 cm³/mol. The molecular formula is C28H32N4O4. The average molecular weight is 489 g/mol. The molecule has 188 valence electrons. The molecule has 36 heavy (non-hydrogen) atoms. The summed E-state index contributed by atoms with van der Waals surface area (Å²) in [6.07, 6.45) is 4.81. The highest BCUT2D eigenvalue weighted by molar-refractivity contribution is 5.92. The van der Waals surface area contributed by atoms with E-state index < -0.39 is 18.1 Å². The number of esters is 1. The molecule has 2 aromatic carbocycles. The molecule has 1 aromatic heterocycles. The average Bonchev–Trinajstić information content (AvgIpc) is 3.42. The number of amides is 2. The van der Waals surface area contributed by atoms with Gasteiger partial charge in [0.15, 0.2) is 0 Å². The van der Waals surface area contributed by atoms with Crippen molar-refractivity contribution >= 4 is 17.8 Å². The summed E-state index contributed by atoms with van der Waals surface area (Å²) in [6.45, 7) is 2.62. The minimum Gasteiger partial charge on any atom is -0.464 e. The molecule has 8 heteroatoms. The van der Waals surface area contributed by atoms with Crippen molar-refractivity contribution in [2.75, 3.05) is 19.7 Å². The number of aryl methyl sites for hydroxylation is 1. The molecule has 1 fully saturated rings. The Bertz CT molecular complexity index is 1130. The third kappa shape index (κ3) is 6.19. The maximum atomic E-state index is 13.9. The minimum absolute atomic E-state index is 0.0886. The summed E-state index contributed by atoms with van der Waals surface area (Å²) < 4.78 is 5.36. The highest BCUT2D eigenvalue weighted by Crippen LogP contribution is 2.22. The van der Waals surface area contributed by atoms with Crippen LogP contribution in [-0.2, 0) is 38.4 Å². The molecule has 1 aliphatic rings. The molecule has 0 aliphatic carbocycles. The zero-order valence-electron chi connectivity index (χ0n) is 20.5. The predicted octanol–water partition coefficient (Wildman–Crippen LogP) is 2.80. The molecule has 1 saturated heterocycles. The van der Waals surface area contributed by atoms with Crippen LogP contribution in [0.3, 0.4) is 0 Å². The Kier molecular flexibility index (Phi) is 8.49. The van der Waals surface area contributed by atoms with Crippen molar-refractivity contribution in [3.8, 4) is 0 Å². The second-order valence-electron chi connectivity index (χ2n) is 8.86. The van der Waals surface area contributed by atoms with E-state index in [0.717, 1.165) is 16.8 Å². The number of imidazole rings is 1. The summed E-state index contributed by atoms with van der Waals surface area (Å²) in [5.41, 5.74) is 2.78. The van der Waals surface area contributed by atoms with Gasteiger partial charge in [-0.1, -0.05) is 60.7 Å². The number of benzene rings is 2. The van der Waals surface area contributed by atoms with Crippen molar-refractivity contribution in [1.29, 1.82) is 0 Å². The lowest BCUT2D eigenvalue weighted by Crippen LogP contribution is -2.63. The lowest BCUT2D eigenvalue weighted by atomic mass is 9.97. The highest BCUT2D eigenvalue weighted by atomic mass is 16.5. The lowest BCUT2D eigenvalue weighted by Gasteiger charge is -2.43. The van der Waals surface area contributed by atoms with E-state index in [1.54, 1.807) is 29.2 Å². The molecule has 2 atom stereocenters. The van der Waals surface area contributed by atoms with Crippen LogP contribution in [0.1, 0.15) is 30.2 Å². The number of nitrogens with zero attached hydrogens (tertiary/aromatic N) is 3. The molecule has 8 nitrogen and oxygen atoms in total. The monoisotopic (exact) mass is 488 g/mol. The first-order chi connectivity index (χ1) is 17.6. The van der Waals surface area contributed by atoms with Crippen molar-refractivity contribution in [1.82, 2.24) is 19.8 Å². The number of carbonyl (C=O) groups excluding carboxylic acids is 3. The van der Waals surface area contributed by atoms with Gasteiger partial charge in [-0.3, -0.25) is 9.59 Å². The Morgan fingerprint density at radius 2 is 1.75 bits per heavy atom. The number of H-pyrrole nitrogens is 1. The number of carbonyl (C=O) groups is 3. The van der Waals surface area contributed by atoms with Crippen LogP contribution < -0.4 is 0 Å². The SMILES string of the molecule is CCOC(=O)[C@@H](Cc1ccccc1)N1CCN(C(=O)CCc2cnc[nH]2)[C@@H](Cc2ccccc2)C1=O. The fraction of sp³-hybridized carbons (Fsp3) is 0.357. The van der Waals surface area contributed by atoms with Gasteiger partial charge in [-0.15, -0.1) is 0 Å². The molecule has 0 unspecified atom stereocenters. The van der Waals surface area contributed by atoms with E-state index in [4.69, 9.17) is 4.74 Å². The molecule has 1 aliphatic heterocycles. The van der Waals surface area contributed by atoms with Crippen LogP contribution in [-0.4, -0.2) is 69.3 Å². The fourth-order valence-corrected chi connectivity index (χ4v) is 4.65. The van der Waals surface area contributed by atoms with Gasteiger partial charge in [0.2, 0.25) is 11.8 Å². The Morgan fingerprint density at radius 3 is 2.39 bits per heavy atom. The Labute approximate surface area is 211 Å². The Balaban J connectivity index is 1.57. The first kappa shape index (κ1) is 25.2. The Hall–Kier alpha value is -3.94. The first-order valence-electron chi connectivity index (χ1n) is 12.4. The number of piperazine rings is 1. The summed E-state index contributed by atoms with van der Waals surface area (Å²) in [6, 6.07) is 17.8. The van der Waals surface area contributed by atoms with Crippen molar-refractivity contribution in [3.05, 3.63) is 90.0 Å². The fourth-order valence-electron chi connectivity index (χ4n) is 4.65. The number of rotatable bonds is 10. The zero-order valence-corrected chi connectivity index (χ0v) is 20.5. The van der Waals surface area contributed by atoms with Gasteiger partial charge in [0.25, 0.3) is 0 Å². The molecule has 3 aromatic rings. The maximum absolute atomic E-state index is 13.9. The van der Waals surface area contributed by atoms with Crippen LogP contribution in [0.4, 0.5) is 0 Å². The van der Waals surface area contributed by atoms with Crippen molar-refractivity contribution in [3.63, 3.8) is 0 Å². The van der Waals surface area contributed by atoms with Gasteiger partial charge < -0.3 is 19.5 Å². The normalized spacial score (nSPS) is 16.6. The third-order valence-electron chi connectivity index (χ3n) is 6.49. The van der Waals surface area contributed by atoms with Crippen molar-refractivity contribution in [2.24, 2.45) is 0 Å². The van der Waals surface area contributed by atoms with Crippen molar-refractivity contribution < 1.29 is 19.1 Å². The van der Waals surface area contributed by atoms with E-state index in [2.05, 4.69) is 9.97 Å². The lowest BCUT2D eigenvalue weighted by molar-refractivity contribution is -0.162. The number of aromatic nitrogens is 2. The molecule has 0 spiro atoms. The standard InChI is InChI=1S/C28H32N4O4/c1-2-36-28(35)25(18-22-11-7-4-8-12-22)32-16-15-31(26(33)14-13-23-19-29-20-30-23)24(27(32)34)17-21-9-5-3-6-10-21/h3-12,19-20,24-25H,2,13-18H2,1H3,(H,29,30)/t24-,25+/m0/s1.